The van der Waals surface area contributed by atoms with Gasteiger partial charge in [0, 0.05) is 18.8 Å². The molecule has 1 heterocycles. The van der Waals surface area contributed by atoms with Crippen molar-refractivity contribution in [3.05, 3.63) is 11.7 Å². The van der Waals surface area contributed by atoms with Crippen molar-refractivity contribution in [2.75, 3.05) is 25.2 Å². The van der Waals surface area contributed by atoms with Crippen molar-refractivity contribution >= 4 is 11.8 Å². The normalized spacial score (nSPS) is 12.9. The fourth-order valence-corrected chi connectivity index (χ4v) is 1.52. The molecule has 5 nitrogen and oxygen atoms in total. The Labute approximate surface area is 100 Å². The topological polar surface area (TPSA) is 74.2 Å². The Balaban J connectivity index is 2.37. The highest BCUT2D eigenvalue weighted by Crippen LogP contribution is 2.08. The fourth-order valence-electron chi connectivity index (χ4n) is 1.14. The fraction of sp³-hybridized carbons (Fsp3) is 0.800. The standard InChI is InChI=1S/C10H19N3O2S/c1-3-5-14-7-8(11)10-12-9(15-13-10)4-6-16-2/h8H,3-7,11H2,1-2H3. The molecule has 1 aromatic rings. The van der Waals surface area contributed by atoms with E-state index in [0.717, 1.165) is 18.6 Å². The lowest BCUT2D eigenvalue weighted by Gasteiger charge is -2.06. The van der Waals surface area contributed by atoms with Gasteiger partial charge in [-0.1, -0.05) is 12.1 Å². The molecule has 0 fully saturated rings. The zero-order valence-electron chi connectivity index (χ0n) is 9.81. The molecular formula is C10H19N3O2S. The molecule has 2 N–H and O–H groups in total. The summed E-state index contributed by atoms with van der Waals surface area (Å²) in [5, 5.41) is 3.85. The summed E-state index contributed by atoms with van der Waals surface area (Å²) in [6.07, 6.45) is 3.82. The van der Waals surface area contributed by atoms with Gasteiger partial charge in [0.1, 0.15) is 0 Å². The summed E-state index contributed by atoms with van der Waals surface area (Å²) in [6, 6.07) is -0.293. The Hall–Kier alpha value is -0.590. The molecule has 6 heteroatoms. The van der Waals surface area contributed by atoms with Gasteiger partial charge in [0.25, 0.3) is 0 Å². The van der Waals surface area contributed by atoms with Crippen molar-refractivity contribution < 1.29 is 9.26 Å². The van der Waals surface area contributed by atoms with Gasteiger partial charge >= 0.3 is 0 Å². The summed E-state index contributed by atoms with van der Waals surface area (Å²) >= 11 is 1.75. The second-order valence-corrected chi connectivity index (χ2v) is 4.46. The molecule has 0 aliphatic carbocycles. The molecule has 1 aromatic heterocycles. The molecular weight excluding hydrogens is 226 g/mol. The van der Waals surface area contributed by atoms with Gasteiger partial charge in [0.2, 0.25) is 5.89 Å². The van der Waals surface area contributed by atoms with Gasteiger partial charge in [-0.3, -0.25) is 0 Å². The number of aromatic nitrogens is 2. The lowest BCUT2D eigenvalue weighted by molar-refractivity contribution is 0.119. The van der Waals surface area contributed by atoms with E-state index in [1.807, 2.05) is 6.26 Å². The monoisotopic (exact) mass is 245 g/mol. The summed E-state index contributed by atoms with van der Waals surface area (Å²) in [6.45, 7) is 3.21. The van der Waals surface area contributed by atoms with E-state index in [1.54, 1.807) is 11.8 Å². The van der Waals surface area contributed by atoms with E-state index >= 15 is 0 Å². The Morgan fingerprint density at radius 1 is 1.56 bits per heavy atom. The average Bonchev–Trinajstić information content (AvgIpc) is 2.75. The molecule has 1 unspecified atom stereocenters. The van der Waals surface area contributed by atoms with Crippen LogP contribution >= 0.6 is 11.8 Å². The van der Waals surface area contributed by atoms with Gasteiger partial charge in [-0.05, 0) is 12.7 Å². The number of thioether (sulfide) groups is 1. The van der Waals surface area contributed by atoms with Gasteiger partial charge < -0.3 is 15.0 Å². The van der Waals surface area contributed by atoms with E-state index in [0.29, 0.717) is 24.9 Å². The van der Waals surface area contributed by atoms with E-state index in [9.17, 15) is 0 Å². The lowest BCUT2D eigenvalue weighted by atomic mass is 10.3. The molecule has 0 aliphatic rings. The zero-order chi connectivity index (χ0) is 11.8. The summed E-state index contributed by atoms with van der Waals surface area (Å²) in [5.74, 6) is 2.16. The van der Waals surface area contributed by atoms with Crippen molar-refractivity contribution in [1.82, 2.24) is 10.1 Å². The molecule has 1 atom stereocenters. The highest BCUT2D eigenvalue weighted by atomic mass is 32.2. The van der Waals surface area contributed by atoms with E-state index in [2.05, 4.69) is 17.1 Å². The smallest absolute Gasteiger partial charge is 0.227 e. The number of nitrogens with zero attached hydrogens (tertiary/aromatic N) is 2. The number of hydrogen-bond acceptors (Lipinski definition) is 6. The second-order valence-electron chi connectivity index (χ2n) is 3.47. The number of rotatable bonds is 8. The van der Waals surface area contributed by atoms with Crippen LogP contribution < -0.4 is 5.73 Å². The maximum absolute atomic E-state index is 5.86. The maximum Gasteiger partial charge on any atom is 0.227 e. The van der Waals surface area contributed by atoms with Gasteiger partial charge in [-0.15, -0.1) is 0 Å². The van der Waals surface area contributed by atoms with E-state index in [-0.39, 0.29) is 6.04 Å². The Morgan fingerprint density at radius 3 is 3.06 bits per heavy atom. The zero-order valence-corrected chi connectivity index (χ0v) is 10.6. The molecule has 0 spiro atoms. The number of hydrogen-bond donors (Lipinski definition) is 1. The molecule has 0 amide bonds. The third kappa shape index (κ3) is 4.51. The Kier molecular flexibility index (Phi) is 6.44. The first-order valence-electron chi connectivity index (χ1n) is 5.42. The second kappa shape index (κ2) is 7.65. The van der Waals surface area contributed by atoms with Crippen LogP contribution in [-0.2, 0) is 11.2 Å². The third-order valence-electron chi connectivity index (χ3n) is 1.98. The first-order valence-corrected chi connectivity index (χ1v) is 6.82. The molecule has 0 saturated carbocycles. The van der Waals surface area contributed by atoms with Crippen LogP contribution in [0.4, 0.5) is 0 Å². The third-order valence-corrected chi connectivity index (χ3v) is 2.59. The highest BCUT2D eigenvalue weighted by Gasteiger charge is 2.13. The summed E-state index contributed by atoms with van der Waals surface area (Å²) in [7, 11) is 0. The Bertz CT molecular complexity index is 293. The van der Waals surface area contributed by atoms with Crippen LogP contribution in [0.3, 0.4) is 0 Å². The summed E-state index contributed by atoms with van der Waals surface area (Å²) < 4.78 is 10.4. The van der Waals surface area contributed by atoms with Gasteiger partial charge in [0.15, 0.2) is 5.82 Å². The highest BCUT2D eigenvalue weighted by molar-refractivity contribution is 7.98. The largest absolute Gasteiger partial charge is 0.379 e. The number of ether oxygens (including phenoxy) is 1. The van der Waals surface area contributed by atoms with Crippen LogP contribution in [0.25, 0.3) is 0 Å². The van der Waals surface area contributed by atoms with Crippen LogP contribution in [-0.4, -0.2) is 35.4 Å². The minimum absolute atomic E-state index is 0.293. The van der Waals surface area contributed by atoms with Crippen molar-refractivity contribution in [2.24, 2.45) is 5.73 Å². The molecule has 0 radical (unpaired) electrons. The molecule has 0 aliphatic heterocycles. The van der Waals surface area contributed by atoms with E-state index < -0.39 is 0 Å². The SMILES string of the molecule is CCCOCC(N)c1noc(CCSC)n1. The maximum atomic E-state index is 5.86. The molecule has 0 bridgehead atoms. The van der Waals surface area contributed by atoms with Gasteiger partial charge in [0.05, 0.1) is 12.6 Å². The van der Waals surface area contributed by atoms with Gasteiger partial charge in [-0.2, -0.15) is 16.7 Å². The van der Waals surface area contributed by atoms with E-state index in [4.69, 9.17) is 15.0 Å². The average molecular weight is 245 g/mol. The predicted octanol–water partition coefficient (Wildman–Crippen LogP) is 1.40. The first kappa shape index (κ1) is 13.5. The van der Waals surface area contributed by atoms with Crippen molar-refractivity contribution in [3.63, 3.8) is 0 Å². The van der Waals surface area contributed by atoms with Crippen LogP contribution in [0.15, 0.2) is 4.52 Å². The van der Waals surface area contributed by atoms with Crippen molar-refractivity contribution in [3.8, 4) is 0 Å². The summed E-state index contributed by atoms with van der Waals surface area (Å²) in [5.41, 5.74) is 5.86. The molecule has 92 valence electrons. The number of nitrogens with two attached hydrogens (primary N) is 1. The van der Waals surface area contributed by atoms with E-state index in [1.165, 1.54) is 0 Å². The van der Waals surface area contributed by atoms with Crippen molar-refractivity contribution in [1.29, 1.82) is 0 Å². The lowest BCUT2D eigenvalue weighted by Crippen LogP contribution is -2.18. The summed E-state index contributed by atoms with van der Waals surface area (Å²) in [4.78, 5) is 4.23. The minimum atomic E-state index is -0.293. The van der Waals surface area contributed by atoms with Crippen molar-refractivity contribution in [2.45, 2.75) is 25.8 Å². The van der Waals surface area contributed by atoms with Gasteiger partial charge in [-0.25, -0.2) is 0 Å². The first-order chi connectivity index (χ1) is 7.77. The Morgan fingerprint density at radius 2 is 2.38 bits per heavy atom. The van der Waals surface area contributed by atoms with Crippen LogP contribution in [0.2, 0.25) is 0 Å². The van der Waals surface area contributed by atoms with Crippen LogP contribution in [0, 0.1) is 0 Å². The molecule has 0 saturated heterocycles. The minimum Gasteiger partial charge on any atom is -0.379 e. The van der Waals surface area contributed by atoms with Crippen LogP contribution in [0.5, 0.6) is 0 Å². The van der Waals surface area contributed by atoms with Crippen LogP contribution in [0.1, 0.15) is 31.1 Å². The molecule has 16 heavy (non-hydrogen) atoms. The molecule has 1 rings (SSSR count). The quantitative estimate of drug-likeness (QED) is 0.698. The number of aryl methyl sites for hydroxylation is 1. The predicted molar refractivity (Wildman–Crippen MR) is 64.4 cm³/mol. The molecule has 0 aromatic carbocycles.